The molecule has 0 bridgehead atoms. The lowest BCUT2D eigenvalue weighted by Gasteiger charge is -2.41. The largest absolute Gasteiger partial charge is 0.493 e. The minimum Gasteiger partial charge on any atom is -0.493 e. The van der Waals surface area contributed by atoms with E-state index in [0.29, 0.717) is 23.0 Å². The van der Waals surface area contributed by atoms with E-state index in [1.165, 1.54) is 0 Å². The summed E-state index contributed by atoms with van der Waals surface area (Å²) in [6.45, 7) is 1.70. The number of benzene rings is 1. The normalized spacial score (nSPS) is 24.9. The molecule has 1 atom stereocenters. The number of nitrogens with zero attached hydrogens (tertiary/aromatic N) is 2. The Labute approximate surface area is 154 Å². The monoisotopic (exact) mass is 376 g/mol. The van der Waals surface area contributed by atoms with Crippen LogP contribution in [0.5, 0.6) is 11.5 Å². The van der Waals surface area contributed by atoms with Gasteiger partial charge in [0.05, 0.1) is 31.2 Å². The van der Waals surface area contributed by atoms with Crippen LogP contribution in [0.2, 0.25) is 0 Å². The van der Waals surface area contributed by atoms with Gasteiger partial charge in [-0.2, -0.15) is 0 Å². The quantitative estimate of drug-likeness (QED) is 0.820. The number of hydrogen-bond acceptors (Lipinski definition) is 6. The molecule has 26 heavy (non-hydrogen) atoms. The van der Waals surface area contributed by atoms with Gasteiger partial charge in [0.1, 0.15) is 0 Å². The highest BCUT2D eigenvalue weighted by atomic mass is 32.2. The van der Waals surface area contributed by atoms with Crippen LogP contribution in [0.4, 0.5) is 5.69 Å². The van der Waals surface area contributed by atoms with Crippen LogP contribution in [0.1, 0.15) is 19.3 Å². The fourth-order valence-corrected chi connectivity index (χ4v) is 6.65. The highest BCUT2D eigenvalue weighted by Gasteiger charge is 2.44. The third kappa shape index (κ3) is 2.98. The first kappa shape index (κ1) is 17.4. The summed E-state index contributed by atoms with van der Waals surface area (Å²) >= 11 is 0. The second-order valence-electron chi connectivity index (χ2n) is 7.42. The Kier molecular flexibility index (Phi) is 4.22. The zero-order valence-electron chi connectivity index (χ0n) is 15.2. The topological polar surface area (TPSA) is 68.7 Å². The SMILES string of the molecule is COc1cc2nccc(N3CCCC4(CCS(=O)(=O)C4)C3)c2cc1OC. The summed E-state index contributed by atoms with van der Waals surface area (Å²) in [5, 5.41) is 1.00. The molecule has 2 aromatic rings. The first-order chi connectivity index (χ1) is 12.5. The summed E-state index contributed by atoms with van der Waals surface area (Å²) in [5.74, 6) is 1.96. The predicted octanol–water partition coefficient (Wildman–Crippen LogP) is 2.66. The second-order valence-corrected chi connectivity index (χ2v) is 9.61. The summed E-state index contributed by atoms with van der Waals surface area (Å²) in [7, 11) is 0.340. The van der Waals surface area contributed by atoms with Crippen molar-refractivity contribution in [2.24, 2.45) is 5.41 Å². The fourth-order valence-electron chi connectivity index (χ4n) is 4.45. The van der Waals surface area contributed by atoms with Crippen molar-refractivity contribution in [3.63, 3.8) is 0 Å². The fraction of sp³-hybridized carbons (Fsp3) is 0.526. The Morgan fingerprint density at radius 3 is 2.62 bits per heavy atom. The van der Waals surface area contributed by atoms with E-state index in [1.54, 1.807) is 20.4 Å². The smallest absolute Gasteiger partial charge is 0.162 e. The average molecular weight is 376 g/mol. The van der Waals surface area contributed by atoms with Crippen molar-refractivity contribution in [3.8, 4) is 11.5 Å². The van der Waals surface area contributed by atoms with Gasteiger partial charge in [-0.05, 0) is 31.4 Å². The molecule has 4 rings (SSSR count). The molecule has 1 spiro atoms. The molecule has 140 valence electrons. The molecule has 2 aliphatic rings. The Hall–Kier alpha value is -2.02. The van der Waals surface area contributed by atoms with Gasteiger partial charge in [-0.15, -0.1) is 0 Å². The number of aromatic nitrogens is 1. The Morgan fingerprint density at radius 1 is 1.15 bits per heavy atom. The number of methoxy groups -OCH3 is 2. The number of sulfone groups is 1. The van der Waals surface area contributed by atoms with Crippen molar-refractivity contribution in [1.29, 1.82) is 0 Å². The van der Waals surface area contributed by atoms with Crippen LogP contribution in [0.3, 0.4) is 0 Å². The molecule has 0 aliphatic carbocycles. The van der Waals surface area contributed by atoms with Crippen molar-refractivity contribution >= 4 is 26.4 Å². The van der Waals surface area contributed by atoms with E-state index in [2.05, 4.69) is 9.88 Å². The van der Waals surface area contributed by atoms with E-state index in [0.717, 1.165) is 48.9 Å². The minimum atomic E-state index is -2.90. The van der Waals surface area contributed by atoms with E-state index in [-0.39, 0.29) is 5.41 Å². The highest BCUT2D eigenvalue weighted by Crippen LogP contribution is 2.43. The number of rotatable bonds is 3. The summed E-state index contributed by atoms with van der Waals surface area (Å²) in [4.78, 5) is 6.79. The van der Waals surface area contributed by atoms with Gasteiger partial charge in [-0.1, -0.05) is 0 Å². The lowest BCUT2D eigenvalue weighted by Crippen LogP contribution is -2.44. The molecule has 1 unspecified atom stereocenters. The number of pyridine rings is 1. The number of hydrogen-bond donors (Lipinski definition) is 0. The van der Waals surface area contributed by atoms with Gasteiger partial charge in [0.15, 0.2) is 21.3 Å². The Bertz CT molecular complexity index is 944. The van der Waals surface area contributed by atoms with Gasteiger partial charge in [0.25, 0.3) is 0 Å². The third-order valence-corrected chi connectivity index (χ3v) is 7.57. The second kappa shape index (κ2) is 6.30. The molecule has 0 N–H and O–H groups in total. The van der Waals surface area contributed by atoms with Crippen molar-refractivity contribution in [2.45, 2.75) is 19.3 Å². The number of anilines is 1. The van der Waals surface area contributed by atoms with E-state index in [9.17, 15) is 8.42 Å². The molecule has 6 nitrogen and oxygen atoms in total. The van der Waals surface area contributed by atoms with Gasteiger partial charge < -0.3 is 14.4 Å². The van der Waals surface area contributed by atoms with Gasteiger partial charge in [0.2, 0.25) is 0 Å². The molecule has 2 aliphatic heterocycles. The average Bonchev–Trinajstić information content (AvgIpc) is 2.93. The first-order valence-electron chi connectivity index (χ1n) is 8.91. The number of ether oxygens (including phenoxy) is 2. The molecular formula is C19H24N2O4S. The van der Waals surface area contributed by atoms with Crippen molar-refractivity contribution in [1.82, 2.24) is 4.98 Å². The van der Waals surface area contributed by atoms with Crippen molar-refractivity contribution < 1.29 is 17.9 Å². The zero-order valence-corrected chi connectivity index (χ0v) is 16.0. The van der Waals surface area contributed by atoms with E-state index >= 15 is 0 Å². The summed E-state index contributed by atoms with van der Waals surface area (Å²) in [5.41, 5.74) is 1.82. The molecule has 2 saturated heterocycles. The van der Waals surface area contributed by atoms with Crippen molar-refractivity contribution in [3.05, 3.63) is 24.4 Å². The van der Waals surface area contributed by atoms with Gasteiger partial charge in [-0.25, -0.2) is 8.42 Å². The molecule has 7 heteroatoms. The maximum absolute atomic E-state index is 12.1. The summed E-state index contributed by atoms with van der Waals surface area (Å²) < 4.78 is 34.9. The minimum absolute atomic E-state index is 0.108. The van der Waals surface area contributed by atoms with E-state index in [4.69, 9.17) is 9.47 Å². The molecule has 2 fully saturated rings. The van der Waals surface area contributed by atoms with Crippen LogP contribution in [-0.4, -0.2) is 52.2 Å². The van der Waals surface area contributed by atoms with Crippen LogP contribution in [0.25, 0.3) is 10.9 Å². The van der Waals surface area contributed by atoms with Gasteiger partial charge in [-0.3, -0.25) is 4.98 Å². The standard InChI is InChI=1S/C19H24N2O4S/c1-24-17-10-14-15(11-18(17)25-2)20-7-4-16(14)21-8-3-5-19(12-21)6-9-26(22,23)13-19/h4,7,10-11H,3,5-6,8-9,12-13H2,1-2H3. The predicted molar refractivity (Wildman–Crippen MR) is 102 cm³/mol. The highest BCUT2D eigenvalue weighted by molar-refractivity contribution is 7.91. The van der Waals surface area contributed by atoms with Gasteiger partial charge in [0, 0.05) is 41.8 Å². The molecule has 0 saturated carbocycles. The maximum atomic E-state index is 12.1. The lowest BCUT2D eigenvalue weighted by molar-refractivity contribution is 0.270. The summed E-state index contributed by atoms with van der Waals surface area (Å²) in [6.07, 6.45) is 4.57. The van der Waals surface area contributed by atoms with Crippen LogP contribution < -0.4 is 14.4 Å². The Morgan fingerprint density at radius 2 is 1.92 bits per heavy atom. The molecule has 1 aromatic carbocycles. The number of fused-ring (bicyclic) bond motifs is 1. The maximum Gasteiger partial charge on any atom is 0.162 e. The van der Waals surface area contributed by atoms with Gasteiger partial charge >= 0.3 is 0 Å². The van der Waals surface area contributed by atoms with E-state index < -0.39 is 9.84 Å². The molecule has 3 heterocycles. The molecular weight excluding hydrogens is 352 g/mol. The van der Waals surface area contributed by atoms with Crippen LogP contribution in [0.15, 0.2) is 24.4 Å². The molecule has 1 aromatic heterocycles. The Balaban J connectivity index is 1.74. The van der Waals surface area contributed by atoms with E-state index in [1.807, 2.05) is 18.2 Å². The molecule has 0 amide bonds. The van der Waals surface area contributed by atoms with Crippen LogP contribution in [-0.2, 0) is 9.84 Å². The van der Waals surface area contributed by atoms with Crippen LogP contribution >= 0.6 is 0 Å². The lowest BCUT2D eigenvalue weighted by atomic mass is 9.79. The van der Waals surface area contributed by atoms with Crippen LogP contribution in [0, 0.1) is 5.41 Å². The molecule has 0 radical (unpaired) electrons. The first-order valence-corrected chi connectivity index (χ1v) is 10.7. The zero-order chi connectivity index (χ0) is 18.4. The number of piperidine rings is 1. The third-order valence-electron chi connectivity index (χ3n) is 5.70. The van der Waals surface area contributed by atoms with Crippen molar-refractivity contribution in [2.75, 3.05) is 43.7 Å². The summed E-state index contributed by atoms with van der Waals surface area (Å²) in [6, 6.07) is 5.86.